The lowest BCUT2D eigenvalue weighted by atomic mass is 10.1. The molecule has 0 aliphatic rings. The molecule has 0 nitrogen and oxygen atoms in total. The first-order valence-corrected chi connectivity index (χ1v) is 9.53. The van der Waals surface area contributed by atoms with Gasteiger partial charge in [-0.15, -0.1) is 11.8 Å². The molecule has 0 saturated carbocycles. The molecule has 1 heteroatoms. The predicted octanol–water partition coefficient (Wildman–Crippen LogP) is 7.59. The van der Waals surface area contributed by atoms with Crippen molar-refractivity contribution in [2.24, 2.45) is 0 Å². The Morgan fingerprint density at radius 2 is 1.52 bits per heavy atom. The summed E-state index contributed by atoms with van der Waals surface area (Å²) in [6.07, 6.45) is 11.8. The molecule has 0 saturated heterocycles. The van der Waals surface area contributed by atoms with Crippen LogP contribution < -0.4 is 0 Å². The van der Waals surface area contributed by atoms with Crippen LogP contribution >= 0.6 is 11.8 Å². The minimum absolute atomic E-state index is 0.528. The second-order valence-corrected chi connectivity index (χ2v) is 8.01. The van der Waals surface area contributed by atoms with Gasteiger partial charge in [0.15, 0.2) is 0 Å². The summed E-state index contributed by atoms with van der Waals surface area (Å²) in [5.74, 6) is 0. The molecule has 0 heterocycles. The number of benzene rings is 1. The Morgan fingerprint density at radius 3 is 2.17 bits per heavy atom. The van der Waals surface area contributed by atoms with Gasteiger partial charge in [-0.3, -0.25) is 0 Å². The highest BCUT2D eigenvalue weighted by atomic mass is 32.2. The molecule has 0 spiro atoms. The van der Waals surface area contributed by atoms with Crippen molar-refractivity contribution in [2.75, 3.05) is 0 Å². The predicted molar refractivity (Wildman–Crippen MR) is 107 cm³/mol. The van der Waals surface area contributed by atoms with E-state index in [2.05, 4.69) is 83.2 Å². The molecule has 1 rings (SSSR count). The lowest BCUT2D eigenvalue weighted by Gasteiger charge is -2.08. The van der Waals surface area contributed by atoms with Crippen LogP contribution in [0.15, 0.2) is 70.2 Å². The fraction of sp³-hybridized carbons (Fsp3) is 0.455. The Kier molecular flexibility index (Phi) is 9.78. The minimum Gasteiger partial charge on any atom is -0.119 e. The van der Waals surface area contributed by atoms with Crippen molar-refractivity contribution in [3.63, 3.8) is 0 Å². The first kappa shape index (κ1) is 19.8. The van der Waals surface area contributed by atoms with Crippen molar-refractivity contribution in [3.8, 4) is 0 Å². The molecule has 0 aliphatic carbocycles. The van der Waals surface area contributed by atoms with E-state index in [0.717, 1.165) is 6.42 Å². The topological polar surface area (TPSA) is 0 Å². The maximum absolute atomic E-state index is 2.41. The molecule has 1 atom stereocenters. The molecule has 0 fully saturated rings. The van der Waals surface area contributed by atoms with E-state index in [-0.39, 0.29) is 0 Å². The Hall–Kier alpha value is -1.21. The molecule has 0 aliphatic heterocycles. The van der Waals surface area contributed by atoms with Gasteiger partial charge in [-0.05, 0) is 72.4 Å². The van der Waals surface area contributed by atoms with Gasteiger partial charge in [-0.1, -0.05) is 53.1 Å². The van der Waals surface area contributed by atoms with Crippen LogP contribution in [0.2, 0.25) is 0 Å². The first-order chi connectivity index (χ1) is 11.0. The highest BCUT2D eigenvalue weighted by molar-refractivity contribution is 8.00. The third-order valence-electron chi connectivity index (χ3n) is 3.71. The molecule has 0 amide bonds. The number of hydrogen-bond donors (Lipinski definition) is 0. The lowest BCUT2D eigenvalue weighted by Crippen LogP contribution is -1.92. The molecule has 126 valence electrons. The summed E-state index contributed by atoms with van der Waals surface area (Å²) in [6, 6.07) is 10.6. The quantitative estimate of drug-likeness (QED) is 0.332. The van der Waals surface area contributed by atoms with E-state index in [4.69, 9.17) is 0 Å². The SMILES string of the molecule is CC(C)=CCC/C(C)=C/CC/C(C)=C/C(C)Sc1ccccc1. The third-order valence-corrected chi connectivity index (χ3v) is 4.76. The molecule has 1 aromatic rings. The summed E-state index contributed by atoms with van der Waals surface area (Å²) < 4.78 is 0. The van der Waals surface area contributed by atoms with E-state index in [1.54, 1.807) is 0 Å². The van der Waals surface area contributed by atoms with Crippen molar-refractivity contribution in [1.82, 2.24) is 0 Å². The smallest absolute Gasteiger partial charge is 0.0248 e. The summed E-state index contributed by atoms with van der Waals surface area (Å²) in [5.41, 5.74) is 4.43. The molecule has 0 radical (unpaired) electrons. The Balaban J connectivity index is 2.34. The zero-order valence-electron chi connectivity index (χ0n) is 15.4. The van der Waals surface area contributed by atoms with Crippen molar-refractivity contribution in [3.05, 3.63) is 65.3 Å². The maximum Gasteiger partial charge on any atom is 0.0248 e. The van der Waals surface area contributed by atoms with Crippen LogP contribution in [0.25, 0.3) is 0 Å². The summed E-state index contributed by atoms with van der Waals surface area (Å²) in [6.45, 7) is 11.1. The fourth-order valence-electron chi connectivity index (χ4n) is 2.47. The lowest BCUT2D eigenvalue weighted by molar-refractivity contribution is 0.914. The van der Waals surface area contributed by atoms with Gasteiger partial charge in [-0.2, -0.15) is 0 Å². The zero-order valence-corrected chi connectivity index (χ0v) is 16.2. The maximum atomic E-state index is 2.41. The second-order valence-electron chi connectivity index (χ2n) is 6.56. The Bertz CT molecular complexity index is 530. The van der Waals surface area contributed by atoms with Gasteiger partial charge in [0.25, 0.3) is 0 Å². The van der Waals surface area contributed by atoms with Gasteiger partial charge in [0.1, 0.15) is 0 Å². The standard InChI is InChI=1S/C22H32S/c1-18(2)11-9-12-19(3)13-10-14-20(4)17-21(5)23-22-15-7-6-8-16-22/h6-8,11,13,15-17,21H,9-10,12,14H2,1-5H3/b19-13+,20-17+. The van der Waals surface area contributed by atoms with Crippen molar-refractivity contribution >= 4 is 11.8 Å². The zero-order chi connectivity index (χ0) is 17.1. The van der Waals surface area contributed by atoms with Crippen molar-refractivity contribution in [2.45, 2.75) is 70.4 Å². The monoisotopic (exact) mass is 328 g/mol. The molecule has 0 bridgehead atoms. The summed E-state index contributed by atoms with van der Waals surface area (Å²) in [5, 5.41) is 0.528. The van der Waals surface area contributed by atoms with E-state index in [1.807, 2.05) is 11.8 Å². The number of hydrogen-bond acceptors (Lipinski definition) is 1. The van der Waals surface area contributed by atoms with Gasteiger partial charge in [-0.25, -0.2) is 0 Å². The van der Waals surface area contributed by atoms with Crippen LogP contribution in [-0.2, 0) is 0 Å². The van der Waals surface area contributed by atoms with E-state index in [1.165, 1.54) is 40.9 Å². The van der Waals surface area contributed by atoms with Gasteiger partial charge in [0.2, 0.25) is 0 Å². The third kappa shape index (κ3) is 10.2. The van der Waals surface area contributed by atoms with Crippen LogP contribution in [0.3, 0.4) is 0 Å². The largest absolute Gasteiger partial charge is 0.119 e. The summed E-state index contributed by atoms with van der Waals surface area (Å²) >= 11 is 1.93. The van der Waals surface area contributed by atoms with E-state index in [0.29, 0.717) is 5.25 Å². The fourth-order valence-corrected chi connectivity index (χ4v) is 3.51. The van der Waals surface area contributed by atoms with Crippen LogP contribution in [0, 0.1) is 0 Å². The van der Waals surface area contributed by atoms with Crippen LogP contribution in [0.5, 0.6) is 0 Å². The first-order valence-electron chi connectivity index (χ1n) is 8.65. The molecular weight excluding hydrogens is 296 g/mol. The van der Waals surface area contributed by atoms with Gasteiger partial charge in [0, 0.05) is 10.1 Å². The molecule has 23 heavy (non-hydrogen) atoms. The van der Waals surface area contributed by atoms with Crippen molar-refractivity contribution in [1.29, 1.82) is 0 Å². The summed E-state index contributed by atoms with van der Waals surface area (Å²) in [7, 11) is 0. The van der Waals surface area contributed by atoms with Crippen LogP contribution in [0.4, 0.5) is 0 Å². The van der Waals surface area contributed by atoms with Crippen LogP contribution in [-0.4, -0.2) is 5.25 Å². The molecule has 0 N–H and O–H groups in total. The highest BCUT2D eigenvalue weighted by Crippen LogP contribution is 2.25. The van der Waals surface area contributed by atoms with E-state index in [9.17, 15) is 0 Å². The highest BCUT2D eigenvalue weighted by Gasteiger charge is 2.01. The Morgan fingerprint density at radius 1 is 0.913 bits per heavy atom. The van der Waals surface area contributed by atoms with Gasteiger partial charge < -0.3 is 0 Å². The average Bonchev–Trinajstić information content (AvgIpc) is 2.47. The number of thioether (sulfide) groups is 1. The van der Waals surface area contributed by atoms with E-state index >= 15 is 0 Å². The van der Waals surface area contributed by atoms with Gasteiger partial charge >= 0.3 is 0 Å². The van der Waals surface area contributed by atoms with Gasteiger partial charge in [0.05, 0.1) is 0 Å². The molecule has 0 aromatic heterocycles. The molecule has 1 unspecified atom stereocenters. The minimum atomic E-state index is 0.528. The number of rotatable bonds is 9. The summed E-state index contributed by atoms with van der Waals surface area (Å²) in [4.78, 5) is 1.35. The normalized spacial score (nSPS) is 13.8. The molecular formula is C22H32S. The number of allylic oxidation sites excluding steroid dienone is 5. The van der Waals surface area contributed by atoms with Crippen molar-refractivity contribution < 1.29 is 0 Å². The second kappa shape index (κ2) is 11.3. The molecule has 1 aromatic carbocycles. The Labute approximate surface area is 147 Å². The average molecular weight is 329 g/mol. The van der Waals surface area contributed by atoms with E-state index < -0.39 is 0 Å². The van der Waals surface area contributed by atoms with Crippen LogP contribution in [0.1, 0.15) is 60.3 Å².